The van der Waals surface area contributed by atoms with Crippen molar-refractivity contribution >= 4 is 23.6 Å². The van der Waals surface area contributed by atoms with Crippen LogP contribution >= 0.6 is 0 Å². The van der Waals surface area contributed by atoms with Gasteiger partial charge in [0, 0.05) is 31.2 Å². The van der Waals surface area contributed by atoms with Crippen LogP contribution in [0.2, 0.25) is 0 Å². The van der Waals surface area contributed by atoms with Gasteiger partial charge in [0.2, 0.25) is 23.6 Å². The summed E-state index contributed by atoms with van der Waals surface area (Å²) in [5.74, 6) is -2.20. The van der Waals surface area contributed by atoms with Crippen molar-refractivity contribution in [2.45, 2.75) is 115 Å². The molecule has 220 valence electrons. The Morgan fingerprint density at radius 3 is 2.51 bits per heavy atom. The van der Waals surface area contributed by atoms with Crippen LogP contribution < -0.4 is 21.3 Å². The van der Waals surface area contributed by atoms with Gasteiger partial charge in [0.15, 0.2) is 0 Å². The van der Waals surface area contributed by atoms with E-state index in [0.29, 0.717) is 0 Å². The predicted octanol–water partition coefficient (Wildman–Crippen LogP) is 1.92. The first kappa shape index (κ1) is 34.0. The molecule has 10 heteroatoms. The zero-order valence-electron chi connectivity index (χ0n) is 23.7. The Balaban J connectivity index is 2.64. The summed E-state index contributed by atoms with van der Waals surface area (Å²) in [5, 5.41) is 30.8. The molecule has 0 aromatic carbocycles. The summed E-state index contributed by atoms with van der Waals surface area (Å²) >= 11 is 0. The first-order valence-electron chi connectivity index (χ1n) is 14.2. The van der Waals surface area contributed by atoms with Gasteiger partial charge in [-0.15, -0.1) is 0 Å². The van der Waals surface area contributed by atoms with Gasteiger partial charge >= 0.3 is 0 Å². The van der Waals surface area contributed by atoms with Gasteiger partial charge in [-0.05, 0) is 33.1 Å². The monoisotopic (exact) mass is 548 g/mol. The summed E-state index contributed by atoms with van der Waals surface area (Å²) in [6.07, 6.45) is 16.9. The Bertz CT molecular complexity index is 855. The molecule has 0 aromatic rings. The summed E-state index contributed by atoms with van der Waals surface area (Å²) in [6, 6.07) is -2.92. The Kier molecular flexibility index (Phi) is 17.5. The lowest BCUT2D eigenvalue weighted by atomic mass is 10.0. The van der Waals surface area contributed by atoms with E-state index in [0.717, 1.165) is 12.8 Å². The highest BCUT2D eigenvalue weighted by atomic mass is 16.3. The van der Waals surface area contributed by atoms with Crippen molar-refractivity contribution in [3.05, 3.63) is 36.5 Å². The van der Waals surface area contributed by atoms with E-state index in [1.165, 1.54) is 63.7 Å². The van der Waals surface area contributed by atoms with Gasteiger partial charge in [0.05, 0.1) is 12.2 Å². The number of hydrogen-bond acceptors (Lipinski definition) is 6. The SMILES string of the molecule is CCCCCCCCCC=CC=CC(=O)NC(C(=O)NC1CC(O)CCNC(=O)C=CC(C)NC1=O)C(C)O. The van der Waals surface area contributed by atoms with Crippen molar-refractivity contribution in [2.24, 2.45) is 0 Å². The number of hydrogen-bond donors (Lipinski definition) is 6. The maximum Gasteiger partial charge on any atom is 0.245 e. The zero-order chi connectivity index (χ0) is 29.0. The molecule has 0 radical (unpaired) electrons. The predicted molar refractivity (Wildman–Crippen MR) is 151 cm³/mol. The van der Waals surface area contributed by atoms with Crippen LogP contribution in [0.3, 0.4) is 0 Å². The summed E-state index contributed by atoms with van der Waals surface area (Å²) in [5.41, 5.74) is 0. The van der Waals surface area contributed by atoms with E-state index in [-0.39, 0.29) is 25.3 Å². The molecule has 5 unspecified atom stereocenters. The minimum absolute atomic E-state index is 0.103. The molecule has 0 spiro atoms. The maximum absolute atomic E-state index is 12.9. The van der Waals surface area contributed by atoms with Crippen molar-refractivity contribution in [1.82, 2.24) is 21.3 Å². The van der Waals surface area contributed by atoms with Crippen LogP contribution in [0.25, 0.3) is 0 Å². The van der Waals surface area contributed by atoms with E-state index < -0.39 is 48.1 Å². The van der Waals surface area contributed by atoms with Crippen LogP contribution in [-0.4, -0.2) is 70.7 Å². The third-order valence-corrected chi connectivity index (χ3v) is 6.36. The number of aliphatic hydroxyl groups is 2. The van der Waals surface area contributed by atoms with Gasteiger partial charge in [-0.25, -0.2) is 0 Å². The molecule has 6 N–H and O–H groups in total. The van der Waals surface area contributed by atoms with Crippen LogP contribution in [0.15, 0.2) is 36.5 Å². The summed E-state index contributed by atoms with van der Waals surface area (Å²) in [6.45, 7) is 5.43. The first-order chi connectivity index (χ1) is 18.6. The second kappa shape index (κ2) is 20.0. The van der Waals surface area contributed by atoms with Crippen LogP contribution in [0.4, 0.5) is 0 Å². The molecule has 4 amide bonds. The van der Waals surface area contributed by atoms with Crippen molar-refractivity contribution < 1.29 is 29.4 Å². The largest absolute Gasteiger partial charge is 0.393 e. The number of rotatable bonds is 14. The molecule has 10 nitrogen and oxygen atoms in total. The minimum atomic E-state index is -1.30. The fourth-order valence-electron chi connectivity index (χ4n) is 4.05. The van der Waals surface area contributed by atoms with E-state index >= 15 is 0 Å². The van der Waals surface area contributed by atoms with Gasteiger partial charge in [0.1, 0.15) is 12.1 Å². The Morgan fingerprint density at radius 2 is 1.82 bits per heavy atom. The van der Waals surface area contributed by atoms with E-state index in [1.807, 2.05) is 6.08 Å². The summed E-state index contributed by atoms with van der Waals surface area (Å²) < 4.78 is 0. The normalized spacial score (nSPS) is 22.4. The quantitative estimate of drug-likeness (QED) is 0.111. The number of carbonyl (C=O) groups is 4. The van der Waals surface area contributed by atoms with E-state index in [1.54, 1.807) is 19.1 Å². The first-order valence-corrected chi connectivity index (χ1v) is 14.2. The third kappa shape index (κ3) is 15.9. The topological polar surface area (TPSA) is 157 Å². The van der Waals surface area contributed by atoms with Gasteiger partial charge in [-0.1, -0.05) is 69.8 Å². The molecule has 0 saturated heterocycles. The Labute approximate surface area is 232 Å². The molecule has 1 heterocycles. The summed E-state index contributed by atoms with van der Waals surface area (Å²) in [4.78, 5) is 49.8. The van der Waals surface area contributed by atoms with Gasteiger partial charge in [-0.2, -0.15) is 0 Å². The zero-order valence-corrected chi connectivity index (χ0v) is 23.7. The second-order valence-corrected chi connectivity index (χ2v) is 10.1. The number of carbonyl (C=O) groups excluding carboxylic acids is 4. The molecule has 1 aliphatic rings. The van der Waals surface area contributed by atoms with E-state index in [4.69, 9.17) is 0 Å². The molecule has 1 aliphatic heterocycles. The Morgan fingerprint density at radius 1 is 1.13 bits per heavy atom. The molecule has 39 heavy (non-hydrogen) atoms. The van der Waals surface area contributed by atoms with Crippen LogP contribution in [0.1, 0.15) is 85.0 Å². The van der Waals surface area contributed by atoms with E-state index in [2.05, 4.69) is 28.2 Å². The highest BCUT2D eigenvalue weighted by Gasteiger charge is 2.31. The number of aliphatic hydroxyl groups excluding tert-OH is 2. The second-order valence-electron chi connectivity index (χ2n) is 10.1. The van der Waals surface area contributed by atoms with Gasteiger partial charge in [0.25, 0.3) is 0 Å². The molecule has 0 aliphatic carbocycles. The molecular formula is C29H48N4O6. The lowest BCUT2D eigenvalue weighted by Gasteiger charge is -2.26. The maximum atomic E-state index is 12.9. The van der Waals surface area contributed by atoms with Crippen LogP contribution in [0.5, 0.6) is 0 Å². The number of allylic oxidation sites excluding steroid dienone is 3. The van der Waals surface area contributed by atoms with Crippen LogP contribution in [-0.2, 0) is 19.2 Å². The average molecular weight is 549 g/mol. The third-order valence-electron chi connectivity index (χ3n) is 6.36. The fraction of sp³-hybridized carbons (Fsp3) is 0.655. The number of nitrogens with one attached hydrogen (secondary N) is 4. The van der Waals surface area contributed by atoms with Crippen LogP contribution in [0, 0.1) is 0 Å². The van der Waals surface area contributed by atoms with Gasteiger partial charge in [-0.3, -0.25) is 19.2 Å². The van der Waals surface area contributed by atoms with Gasteiger partial charge < -0.3 is 31.5 Å². The highest BCUT2D eigenvalue weighted by molar-refractivity contribution is 5.95. The minimum Gasteiger partial charge on any atom is -0.393 e. The van der Waals surface area contributed by atoms with Crippen molar-refractivity contribution in [3.8, 4) is 0 Å². The van der Waals surface area contributed by atoms with Crippen molar-refractivity contribution in [1.29, 1.82) is 0 Å². The Hall–Kier alpha value is -2.98. The molecule has 0 bridgehead atoms. The highest BCUT2D eigenvalue weighted by Crippen LogP contribution is 2.09. The van der Waals surface area contributed by atoms with Crippen molar-refractivity contribution in [2.75, 3.05) is 6.54 Å². The number of unbranched alkanes of at least 4 members (excludes halogenated alkanes) is 7. The summed E-state index contributed by atoms with van der Waals surface area (Å²) in [7, 11) is 0. The van der Waals surface area contributed by atoms with Crippen molar-refractivity contribution in [3.63, 3.8) is 0 Å². The smallest absolute Gasteiger partial charge is 0.245 e. The lowest BCUT2D eigenvalue weighted by Crippen LogP contribution is -2.58. The standard InChI is InChI=1S/C29H48N4O6/c1-4-5-6-7-8-9-10-11-12-13-14-15-26(37)33-27(22(3)34)29(39)32-24-20-23(35)18-19-30-25(36)17-16-21(2)31-28(24)38/h12-17,21-24,27,34-35H,4-11,18-20H2,1-3H3,(H,30,36)(H,31,38)(H,32,39)(H,33,37). The molecule has 0 fully saturated rings. The molecule has 0 aromatic heterocycles. The lowest BCUT2D eigenvalue weighted by molar-refractivity contribution is -0.134. The molecular weight excluding hydrogens is 500 g/mol. The average Bonchev–Trinajstić information content (AvgIpc) is 2.88. The fourth-order valence-corrected chi connectivity index (χ4v) is 4.05. The van der Waals surface area contributed by atoms with E-state index in [9.17, 15) is 29.4 Å². The molecule has 0 saturated carbocycles. The molecule has 5 atom stereocenters. The number of amides is 4. The molecule has 1 rings (SSSR count).